The second kappa shape index (κ2) is 16.3. The van der Waals surface area contributed by atoms with Gasteiger partial charge in [0.2, 0.25) is 0 Å². The van der Waals surface area contributed by atoms with Gasteiger partial charge >= 0.3 is 0 Å². The van der Waals surface area contributed by atoms with Crippen molar-refractivity contribution in [2.24, 2.45) is 5.92 Å². The predicted molar refractivity (Wildman–Crippen MR) is 235 cm³/mol. The molecular formula is C53H46N4OPt-2. The number of fused-ring (bicyclic) bond motifs is 3. The van der Waals surface area contributed by atoms with Gasteiger partial charge in [0.15, 0.2) is 0 Å². The molecule has 9 rings (SSSR count). The molecule has 0 bridgehead atoms. The molecule has 6 heteroatoms. The van der Waals surface area contributed by atoms with E-state index in [4.69, 9.17) is 23.4 Å². The molecular weight excluding hydrogens is 904 g/mol. The zero-order chi connectivity index (χ0) is 48.7. The van der Waals surface area contributed by atoms with E-state index in [0.717, 1.165) is 27.6 Å². The summed E-state index contributed by atoms with van der Waals surface area (Å²) in [5.41, 5.74) is 4.83. The average molecular weight is 960 g/mol. The van der Waals surface area contributed by atoms with Gasteiger partial charge in [-0.15, -0.1) is 29.7 Å². The van der Waals surface area contributed by atoms with Crippen molar-refractivity contribution in [3.8, 4) is 50.9 Å². The van der Waals surface area contributed by atoms with E-state index in [-0.39, 0.29) is 54.4 Å². The van der Waals surface area contributed by atoms with Crippen molar-refractivity contribution < 1.29 is 44.1 Å². The predicted octanol–water partition coefficient (Wildman–Crippen LogP) is 12.8. The standard InChI is InChI=1S/C53H46N4O.Pt/c1-36(2)37(3)40-27-28-54-51(31-40)57-49-26-23-41(53(4,5)6)32-48(49)47-25-24-44(34-50(47)57)58-43-20-13-19-42(33-43)55-29-30-56(35-55)52-45(38-15-9-7-10-16-38)21-14-22-46(52)39-17-11-8-12-18-39;/h7-32,36-37H,1-6H3;/q-2;/i7D,8D,9D,10D,11D,12D,15D,16D,17D,18D;. The van der Waals surface area contributed by atoms with E-state index in [0.29, 0.717) is 29.0 Å². The minimum Gasteiger partial charge on any atom is -0.510 e. The third kappa shape index (κ3) is 7.80. The summed E-state index contributed by atoms with van der Waals surface area (Å²) in [6.07, 6.45) is 8.38. The normalized spacial score (nSPS) is 14.6. The largest absolute Gasteiger partial charge is 0.510 e. The zero-order valence-electron chi connectivity index (χ0n) is 43.4. The van der Waals surface area contributed by atoms with Crippen LogP contribution in [0.25, 0.3) is 61.3 Å². The number of pyridine rings is 1. The van der Waals surface area contributed by atoms with E-state index in [1.165, 1.54) is 15.7 Å². The van der Waals surface area contributed by atoms with Crippen molar-refractivity contribution in [2.45, 2.75) is 52.9 Å². The van der Waals surface area contributed by atoms with Crippen LogP contribution in [0.1, 0.15) is 72.3 Å². The number of hydrogen-bond donors (Lipinski definition) is 0. The van der Waals surface area contributed by atoms with Gasteiger partial charge < -0.3 is 13.9 Å². The van der Waals surface area contributed by atoms with Crippen molar-refractivity contribution >= 4 is 21.8 Å². The van der Waals surface area contributed by atoms with Crippen molar-refractivity contribution in [1.29, 1.82) is 0 Å². The van der Waals surface area contributed by atoms with Gasteiger partial charge in [0.25, 0.3) is 6.33 Å². The van der Waals surface area contributed by atoms with Crippen LogP contribution in [-0.2, 0) is 26.5 Å². The molecule has 0 radical (unpaired) electrons. The summed E-state index contributed by atoms with van der Waals surface area (Å²) in [6.45, 7) is 13.3. The molecule has 5 nitrogen and oxygen atoms in total. The molecule has 0 spiro atoms. The first-order valence-electron chi connectivity index (χ1n) is 24.2. The molecule has 3 heterocycles. The van der Waals surface area contributed by atoms with Crippen LogP contribution in [0.15, 0.2) is 158 Å². The van der Waals surface area contributed by atoms with Crippen LogP contribution in [0.2, 0.25) is 0 Å². The monoisotopic (exact) mass is 959 g/mol. The Kier molecular flexibility index (Phi) is 8.08. The summed E-state index contributed by atoms with van der Waals surface area (Å²) in [4.78, 5) is 4.86. The van der Waals surface area contributed by atoms with Gasteiger partial charge in [0.1, 0.15) is 5.82 Å². The number of imidazole rings is 1. The second-order valence-electron chi connectivity index (χ2n) is 15.7. The van der Waals surface area contributed by atoms with Gasteiger partial charge in [-0.1, -0.05) is 138 Å². The maximum absolute atomic E-state index is 8.86. The fraction of sp³-hybridized carbons (Fsp3) is 0.170. The van der Waals surface area contributed by atoms with Crippen molar-refractivity contribution in [2.75, 3.05) is 0 Å². The summed E-state index contributed by atoms with van der Waals surface area (Å²) < 4.78 is 97.4. The van der Waals surface area contributed by atoms with E-state index in [2.05, 4.69) is 94.9 Å². The minimum atomic E-state index is -0.566. The Morgan fingerprint density at radius 3 is 2.10 bits per heavy atom. The Morgan fingerprint density at radius 1 is 0.746 bits per heavy atom. The molecule has 0 saturated carbocycles. The molecule has 296 valence electrons. The van der Waals surface area contributed by atoms with E-state index >= 15 is 0 Å². The molecule has 0 aliphatic heterocycles. The third-order valence-electron chi connectivity index (χ3n) is 10.7. The number of para-hydroxylation sites is 1. The van der Waals surface area contributed by atoms with Crippen LogP contribution in [-0.4, -0.2) is 14.1 Å². The molecule has 0 saturated heterocycles. The van der Waals surface area contributed by atoms with Crippen LogP contribution in [0.4, 0.5) is 0 Å². The van der Waals surface area contributed by atoms with Crippen LogP contribution in [0, 0.1) is 24.4 Å². The molecule has 9 aromatic rings. The van der Waals surface area contributed by atoms with Gasteiger partial charge in [0.05, 0.1) is 19.4 Å². The van der Waals surface area contributed by atoms with Gasteiger partial charge in [-0.05, 0) is 79.9 Å². The minimum absolute atomic E-state index is 0. The van der Waals surface area contributed by atoms with Crippen LogP contribution >= 0.6 is 0 Å². The molecule has 0 fully saturated rings. The van der Waals surface area contributed by atoms with Crippen molar-refractivity contribution in [3.05, 3.63) is 187 Å². The van der Waals surface area contributed by atoms with E-state index in [9.17, 15) is 0 Å². The van der Waals surface area contributed by atoms with E-state index < -0.39 is 60.4 Å². The maximum Gasteiger partial charge on any atom is 0.267 e. The smallest absolute Gasteiger partial charge is 0.267 e. The van der Waals surface area contributed by atoms with Crippen LogP contribution < -0.4 is 9.30 Å². The molecule has 0 amide bonds. The molecule has 3 aromatic heterocycles. The molecule has 0 aliphatic rings. The van der Waals surface area contributed by atoms with Gasteiger partial charge in [-0.3, -0.25) is 4.57 Å². The Morgan fingerprint density at radius 2 is 1.42 bits per heavy atom. The Hall–Kier alpha value is -6.03. The van der Waals surface area contributed by atoms with Crippen LogP contribution in [0.5, 0.6) is 11.5 Å². The number of ether oxygens (including phenoxy) is 1. The molecule has 6 aromatic carbocycles. The van der Waals surface area contributed by atoms with Crippen molar-refractivity contribution in [1.82, 2.24) is 14.1 Å². The van der Waals surface area contributed by atoms with E-state index in [1.807, 2.05) is 18.3 Å². The van der Waals surface area contributed by atoms with E-state index in [1.54, 1.807) is 53.4 Å². The summed E-state index contributed by atoms with van der Waals surface area (Å²) in [5, 5.41) is 2.07. The maximum atomic E-state index is 8.86. The molecule has 1 unspecified atom stereocenters. The van der Waals surface area contributed by atoms with Gasteiger partial charge in [-0.2, -0.15) is 18.2 Å². The summed E-state index contributed by atoms with van der Waals surface area (Å²) >= 11 is 0. The third-order valence-corrected chi connectivity index (χ3v) is 10.7. The topological polar surface area (TPSA) is 35.9 Å². The molecule has 0 N–H and O–H groups in total. The van der Waals surface area contributed by atoms with Crippen LogP contribution in [0.3, 0.4) is 0 Å². The first-order valence-corrected chi connectivity index (χ1v) is 19.2. The number of aromatic nitrogens is 4. The van der Waals surface area contributed by atoms with Gasteiger partial charge in [-0.25, -0.2) is 4.98 Å². The fourth-order valence-corrected chi connectivity index (χ4v) is 7.22. The molecule has 59 heavy (non-hydrogen) atoms. The number of rotatable bonds is 9. The number of benzene rings is 6. The first kappa shape index (κ1) is 29.2. The molecule has 1 atom stereocenters. The summed E-state index contributed by atoms with van der Waals surface area (Å²) in [7, 11) is 0. The number of hydrogen-bond acceptors (Lipinski definition) is 2. The Bertz CT molecular complexity index is 3360. The Labute approximate surface area is 375 Å². The quantitative estimate of drug-likeness (QED) is 0.107. The summed E-state index contributed by atoms with van der Waals surface area (Å²) in [5.74, 6) is 2.35. The van der Waals surface area contributed by atoms with Gasteiger partial charge in [0, 0.05) is 56.7 Å². The van der Waals surface area contributed by atoms with Crippen molar-refractivity contribution in [3.63, 3.8) is 0 Å². The number of nitrogens with zero attached hydrogens (tertiary/aromatic N) is 4. The first-order chi connectivity index (χ1) is 32.3. The second-order valence-corrected chi connectivity index (χ2v) is 15.7. The Balaban J connectivity index is 0.00000642. The molecule has 0 aliphatic carbocycles. The zero-order valence-corrected chi connectivity index (χ0v) is 35.7. The summed E-state index contributed by atoms with van der Waals surface area (Å²) in [6, 6.07) is 26.4. The SMILES string of the molecule is [2H]c1c([2H])c([2H])c(-c2cccc(-c3c([2H])c([2H])c([2H])c([2H])c3[2H])c2-[n+]2[c-]n(-c3[c-]c(Oc4[c-]c5c(cc4)c4cc(C(C)(C)C)ccc4n5-c4cc(C(C)C(C)C)ccn4)ccc3)cc2)c([2H])c1[2H].[Pt]. The average Bonchev–Trinajstić information content (AvgIpc) is 3.94. The fourth-order valence-electron chi connectivity index (χ4n) is 7.22.